The summed E-state index contributed by atoms with van der Waals surface area (Å²) in [6.07, 6.45) is 0. The van der Waals surface area contributed by atoms with Gasteiger partial charge in [0.15, 0.2) is 0 Å². The number of fused-ring (bicyclic) bond motifs is 1. The molecule has 1 aromatic heterocycles. The number of halogens is 1. The zero-order chi connectivity index (χ0) is 19.2. The zero-order valence-electron chi connectivity index (χ0n) is 16.4. The van der Waals surface area contributed by atoms with Crippen LogP contribution in [0.4, 0.5) is 0 Å². The average Bonchev–Trinajstić information content (AvgIpc) is 3.06. The summed E-state index contributed by atoms with van der Waals surface area (Å²) < 4.78 is 0.731. The molecule has 0 aliphatic heterocycles. The van der Waals surface area contributed by atoms with Crippen molar-refractivity contribution in [3.8, 4) is 17.0 Å². The first-order valence-corrected chi connectivity index (χ1v) is 9.76. The summed E-state index contributed by atoms with van der Waals surface area (Å²) in [6, 6.07) is 14.2. The van der Waals surface area contributed by atoms with Crippen molar-refractivity contribution in [3.63, 3.8) is 0 Å². The van der Waals surface area contributed by atoms with Crippen LogP contribution in [0.25, 0.3) is 22.2 Å². The van der Waals surface area contributed by atoms with Crippen molar-refractivity contribution in [2.45, 2.75) is 53.9 Å². The molecule has 0 aliphatic rings. The van der Waals surface area contributed by atoms with E-state index in [1.165, 1.54) is 5.56 Å². The summed E-state index contributed by atoms with van der Waals surface area (Å²) in [7, 11) is 0. The molecule has 2 aromatic carbocycles. The highest BCUT2D eigenvalue weighted by atomic mass is 79.9. The molecule has 3 aromatic rings. The normalized spacial score (nSPS) is 10.6. The van der Waals surface area contributed by atoms with E-state index in [1.807, 2.05) is 33.8 Å². The summed E-state index contributed by atoms with van der Waals surface area (Å²) in [5, 5.41) is 10.8. The number of hydrogen-bond donors (Lipinski definition) is 2. The number of H-pyrrole nitrogens is 1. The topological polar surface area (TPSA) is 36.0 Å². The molecule has 0 saturated heterocycles. The number of aromatic amines is 1. The van der Waals surface area contributed by atoms with E-state index in [1.54, 1.807) is 6.07 Å². The molecule has 0 unspecified atom stereocenters. The molecule has 0 radical (unpaired) electrons. The van der Waals surface area contributed by atoms with E-state index in [2.05, 4.69) is 72.0 Å². The highest BCUT2D eigenvalue weighted by molar-refractivity contribution is 9.10. The smallest absolute Gasteiger partial charge is 0.130 e. The van der Waals surface area contributed by atoms with Crippen LogP contribution in [-0.4, -0.2) is 10.1 Å². The average molecular weight is 404 g/mol. The van der Waals surface area contributed by atoms with Crippen molar-refractivity contribution in [1.82, 2.24) is 4.98 Å². The Kier molecular flexibility index (Phi) is 7.75. The third kappa shape index (κ3) is 4.88. The minimum Gasteiger partial charge on any atom is -0.507 e. The van der Waals surface area contributed by atoms with Gasteiger partial charge in [-0.25, -0.2) is 0 Å². The minimum absolute atomic E-state index is 0.126. The first-order chi connectivity index (χ1) is 11.9. The number of rotatable bonds is 1. The Morgan fingerprint density at radius 1 is 0.920 bits per heavy atom. The van der Waals surface area contributed by atoms with Gasteiger partial charge < -0.3 is 10.1 Å². The van der Waals surface area contributed by atoms with Gasteiger partial charge in [-0.1, -0.05) is 66.7 Å². The number of nitrogens with one attached hydrogen (secondary N) is 1. The van der Waals surface area contributed by atoms with Crippen molar-refractivity contribution in [1.29, 1.82) is 0 Å². The molecule has 136 valence electrons. The first-order valence-electron chi connectivity index (χ1n) is 8.97. The highest BCUT2D eigenvalue weighted by Gasteiger charge is 2.15. The van der Waals surface area contributed by atoms with Crippen molar-refractivity contribution < 1.29 is 5.11 Å². The van der Waals surface area contributed by atoms with Gasteiger partial charge in [0, 0.05) is 16.6 Å². The van der Waals surface area contributed by atoms with E-state index in [-0.39, 0.29) is 11.2 Å². The fourth-order valence-corrected chi connectivity index (χ4v) is 2.93. The zero-order valence-corrected chi connectivity index (χ0v) is 18.0. The number of aromatic nitrogens is 1. The summed E-state index contributed by atoms with van der Waals surface area (Å²) in [6.45, 7) is 14.6. The fourth-order valence-electron chi connectivity index (χ4n) is 2.47. The van der Waals surface area contributed by atoms with E-state index in [0.717, 1.165) is 26.6 Å². The quantitative estimate of drug-likeness (QED) is 0.429. The van der Waals surface area contributed by atoms with Crippen molar-refractivity contribution in [2.75, 3.05) is 0 Å². The standard InChI is InChI=1S/C18H18BrNO.2C2H6/c1-18(2,3)12-6-4-5-11(9-12)15-10-13-14(20-15)7-8-16(21)17(13)19;2*1-2/h4-10,20-21H,1-3H3;2*1-2H3. The van der Waals surface area contributed by atoms with E-state index in [9.17, 15) is 5.11 Å². The van der Waals surface area contributed by atoms with Crippen LogP contribution in [0.5, 0.6) is 5.75 Å². The number of hydrogen-bond acceptors (Lipinski definition) is 1. The number of phenols is 1. The molecule has 0 saturated carbocycles. The lowest BCUT2D eigenvalue weighted by Gasteiger charge is -2.19. The highest BCUT2D eigenvalue weighted by Crippen LogP contribution is 2.35. The Morgan fingerprint density at radius 3 is 2.16 bits per heavy atom. The van der Waals surface area contributed by atoms with Gasteiger partial charge in [-0.3, -0.25) is 0 Å². The van der Waals surface area contributed by atoms with Crippen molar-refractivity contribution in [2.24, 2.45) is 0 Å². The third-order valence-electron chi connectivity index (χ3n) is 3.76. The molecule has 0 amide bonds. The molecule has 0 fully saturated rings. The van der Waals surface area contributed by atoms with E-state index in [4.69, 9.17) is 0 Å². The second kappa shape index (κ2) is 9.10. The van der Waals surface area contributed by atoms with Crippen LogP contribution in [0.15, 0.2) is 46.9 Å². The summed E-state index contributed by atoms with van der Waals surface area (Å²) in [4.78, 5) is 3.42. The van der Waals surface area contributed by atoms with Gasteiger partial charge in [-0.15, -0.1) is 0 Å². The maximum absolute atomic E-state index is 9.79. The third-order valence-corrected chi connectivity index (χ3v) is 4.59. The predicted molar refractivity (Wildman–Crippen MR) is 114 cm³/mol. The Morgan fingerprint density at radius 2 is 1.56 bits per heavy atom. The van der Waals surface area contributed by atoms with Crippen LogP contribution in [0.3, 0.4) is 0 Å². The molecular weight excluding hydrogens is 374 g/mol. The van der Waals surface area contributed by atoms with Crippen LogP contribution >= 0.6 is 15.9 Å². The van der Waals surface area contributed by atoms with Crippen LogP contribution in [0.2, 0.25) is 0 Å². The molecule has 0 spiro atoms. The number of benzene rings is 2. The molecule has 3 rings (SSSR count). The SMILES string of the molecule is CC.CC.CC(C)(C)c1cccc(-c2cc3c(Br)c(O)ccc3[nH]2)c1. The summed E-state index contributed by atoms with van der Waals surface area (Å²) >= 11 is 3.44. The molecule has 1 heterocycles. The second-order valence-electron chi connectivity index (χ2n) is 6.37. The van der Waals surface area contributed by atoms with Gasteiger partial charge in [-0.05, 0) is 56.7 Å². The fraction of sp³-hybridized carbons (Fsp3) is 0.364. The Bertz CT molecular complexity index is 812. The largest absolute Gasteiger partial charge is 0.507 e. The molecule has 0 aliphatic carbocycles. The van der Waals surface area contributed by atoms with Gasteiger partial charge in [0.2, 0.25) is 0 Å². The molecule has 25 heavy (non-hydrogen) atoms. The lowest BCUT2D eigenvalue weighted by molar-refractivity contribution is 0.473. The van der Waals surface area contributed by atoms with Crippen LogP contribution in [0.1, 0.15) is 54.0 Å². The van der Waals surface area contributed by atoms with Gasteiger partial charge in [0.05, 0.1) is 4.47 Å². The van der Waals surface area contributed by atoms with Crippen molar-refractivity contribution >= 4 is 26.8 Å². The lowest BCUT2D eigenvalue weighted by atomic mass is 9.86. The van der Waals surface area contributed by atoms with E-state index >= 15 is 0 Å². The van der Waals surface area contributed by atoms with Gasteiger partial charge in [-0.2, -0.15) is 0 Å². The second-order valence-corrected chi connectivity index (χ2v) is 7.17. The first kappa shape index (κ1) is 21.3. The van der Waals surface area contributed by atoms with Crippen LogP contribution in [-0.2, 0) is 5.41 Å². The molecular formula is C22H30BrNO. The minimum atomic E-state index is 0.126. The lowest BCUT2D eigenvalue weighted by Crippen LogP contribution is -2.10. The number of aromatic hydroxyl groups is 1. The Balaban J connectivity index is 0.000000730. The van der Waals surface area contributed by atoms with Gasteiger partial charge in [0.1, 0.15) is 5.75 Å². The monoisotopic (exact) mass is 403 g/mol. The maximum atomic E-state index is 9.79. The van der Waals surface area contributed by atoms with Crippen LogP contribution < -0.4 is 0 Å². The predicted octanol–water partition coefficient (Wildman–Crippen LogP) is 7.65. The molecule has 2 N–H and O–H groups in total. The van der Waals surface area contributed by atoms with E-state index in [0.29, 0.717) is 0 Å². The summed E-state index contributed by atoms with van der Waals surface area (Å²) in [5.74, 6) is 0.261. The van der Waals surface area contributed by atoms with Gasteiger partial charge >= 0.3 is 0 Å². The van der Waals surface area contributed by atoms with Crippen molar-refractivity contribution in [3.05, 3.63) is 52.5 Å². The molecule has 0 bridgehead atoms. The van der Waals surface area contributed by atoms with Gasteiger partial charge in [0.25, 0.3) is 0 Å². The molecule has 2 nitrogen and oxygen atoms in total. The number of phenolic OH excluding ortho intramolecular Hbond substituents is 1. The Hall–Kier alpha value is -1.74. The molecule has 0 atom stereocenters. The summed E-state index contributed by atoms with van der Waals surface area (Å²) in [5.41, 5.74) is 4.66. The Labute approximate surface area is 160 Å². The molecule has 3 heteroatoms. The van der Waals surface area contributed by atoms with E-state index < -0.39 is 0 Å². The van der Waals surface area contributed by atoms with Crippen LogP contribution in [0, 0.1) is 0 Å². The maximum Gasteiger partial charge on any atom is 0.130 e.